The number of nitrogens with zero attached hydrogens (tertiary/aromatic N) is 4. The second-order valence-corrected chi connectivity index (χ2v) is 8.49. The van der Waals surface area contributed by atoms with E-state index in [0.717, 1.165) is 50.0 Å². The molecule has 0 spiro atoms. The van der Waals surface area contributed by atoms with Gasteiger partial charge in [0.1, 0.15) is 24.5 Å². The van der Waals surface area contributed by atoms with E-state index in [4.69, 9.17) is 9.73 Å². The lowest BCUT2D eigenvalue weighted by Gasteiger charge is -2.33. The molecule has 0 radical (unpaired) electrons. The third-order valence-electron chi connectivity index (χ3n) is 5.27. The van der Waals surface area contributed by atoms with Crippen LogP contribution in [0.25, 0.3) is 0 Å². The van der Waals surface area contributed by atoms with Gasteiger partial charge in [-0.15, -0.1) is 0 Å². The smallest absolute Gasteiger partial charge is 0.194 e. The lowest BCUT2D eigenvalue weighted by Crippen LogP contribution is -2.45. The zero-order chi connectivity index (χ0) is 20.7. The third-order valence-corrected chi connectivity index (χ3v) is 5.27. The number of rotatable bonds is 6. The van der Waals surface area contributed by atoms with Gasteiger partial charge in [0.25, 0.3) is 0 Å². The Morgan fingerprint density at radius 1 is 1.31 bits per heavy atom. The van der Waals surface area contributed by atoms with E-state index in [1.54, 1.807) is 6.33 Å². The van der Waals surface area contributed by atoms with Crippen molar-refractivity contribution in [3.63, 3.8) is 0 Å². The van der Waals surface area contributed by atoms with Crippen LogP contribution in [0.4, 0.5) is 0 Å². The highest BCUT2D eigenvalue weighted by atomic mass is 16.5. The van der Waals surface area contributed by atoms with Crippen LogP contribution in [0.2, 0.25) is 0 Å². The molecule has 2 aromatic rings. The number of benzene rings is 1. The highest BCUT2D eigenvalue weighted by Gasteiger charge is 2.24. The maximum Gasteiger partial charge on any atom is 0.194 e. The maximum absolute atomic E-state index is 5.95. The van der Waals surface area contributed by atoms with Gasteiger partial charge in [-0.1, -0.05) is 32.9 Å². The van der Waals surface area contributed by atoms with Gasteiger partial charge in [-0.3, -0.25) is 5.10 Å². The second kappa shape index (κ2) is 9.76. The normalized spacial score (nSPS) is 16.1. The van der Waals surface area contributed by atoms with Gasteiger partial charge >= 0.3 is 0 Å². The maximum atomic E-state index is 5.95. The first-order valence-corrected chi connectivity index (χ1v) is 10.6. The predicted octanol–water partition coefficient (Wildman–Crippen LogP) is 3.33. The van der Waals surface area contributed by atoms with Crippen LogP contribution in [-0.2, 0) is 5.41 Å². The molecule has 3 rings (SSSR count). The highest BCUT2D eigenvalue weighted by Crippen LogP contribution is 2.26. The number of aromatic amines is 1. The fourth-order valence-corrected chi connectivity index (χ4v) is 3.57. The molecule has 0 aliphatic carbocycles. The quantitative estimate of drug-likeness (QED) is 0.443. The molecule has 1 aliphatic heterocycles. The number of H-pyrrole nitrogens is 1. The van der Waals surface area contributed by atoms with Gasteiger partial charge in [-0.25, -0.2) is 9.98 Å². The van der Waals surface area contributed by atoms with Crippen molar-refractivity contribution in [2.75, 3.05) is 32.8 Å². The number of aromatic nitrogens is 3. The monoisotopic (exact) mass is 398 g/mol. The van der Waals surface area contributed by atoms with Gasteiger partial charge < -0.3 is 15.0 Å². The molecule has 0 atom stereocenters. The summed E-state index contributed by atoms with van der Waals surface area (Å²) in [4.78, 5) is 11.4. The third kappa shape index (κ3) is 5.95. The number of guanidine groups is 1. The van der Waals surface area contributed by atoms with E-state index in [1.165, 1.54) is 5.56 Å². The summed E-state index contributed by atoms with van der Waals surface area (Å²) in [6.07, 6.45) is 3.69. The first kappa shape index (κ1) is 21.1. The first-order chi connectivity index (χ1) is 14.0. The molecule has 2 heterocycles. The standard InChI is InChI=1S/C22H34N6O/c1-5-23-21(28-12-9-17(10-13-28)20-25-16-26-27-20)24-11-14-29-19-8-6-7-18(15-19)22(2,3)4/h6-8,15-17H,5,9-14H2,1-4H3,(H,23,24)(H,25,26,27). The molecule has 1 saturated heterocycles. The van der Waals surface area contributed by atoms with Crippen LogP contribution in [-0.4, -0.2) is 58.8 Å². The highest BCUT2D eigenvalue weighted by molar-refractivity contribution is 5.80. The van der Waals surface area contributed by atoms with Crippen molar-refractivity contribution in [1.29, 1.82) is 0 Å². The van der Waals surface area contributed by atoms with E-state index in [0.29, 0.717) is 19.1 Å². The molecule has 29 heavy (non-hydrogen) atoms. The van der Waals surface area contributed by atoms with E-state index in [-0.39, 0.29) is 5.41 Å². The minimum Gasteiger partial charge on any atom is -0.492 e. The lowest BCUT2D eigenvalue weighted by molar-refractivity contribution is 0.295. The molecule has 1 aromatic carbocycles. The molecule has 7 heteroatoms. The summed E-state index contributed by atoms with van der Waals surface area (Å²) in [7, 11) is 0. The van der Waals surface area contributed by atoms with Crippen LogP contribution in [0.15, 0.2) is 35.6 Å². The molecule has 2 N–H and O–H groups in total. The average Bonchev–Trinajstić information content (AvgIpc) is 3.25. The number of aliphatic imine (C=N–C) groups is 1. The molecule has 1 aliphatic rings. The molecule has 0 unspecified atom stereocenters. The summed E-state index contributed by atoms with van der Waals surface area (Å²) in [5.74, 6) is 3.33. The van der Waals surface area contributed by atoms with E-state index in [1.807, 2.05) is 6.07 Å². The van der Waals surface area contributed by atoms with E-state index < -0.39 is 0 Å². The van der Waals surface area contributed by atoms with Crippen LogP contribution in [0.3, 0.4) is 0 Å². The van der Waals surface area contributed by atoms with Gasteiger partial charge in [0.05, 0.1) is 6.54 Å². The molecule has 0 amide bonds. The minimum absolute atomic E-state index is 0.119. The van der Waals surface area contributed by atoms with Crippen molar-refractivity contribution < 1.29 is 4.74 Å². The van der Waals surface area contributed by atoms with Crippen LogP contribution in [0, 0.1) is 0 Å². The van der Waals surface area contributed by atoms with Crippen molar-refractivity contribution >= 4 is 5.96 Å². The summed E-state index contributed by atoms with van der Waals surface area (Å²) < 4.78 is 5.95. The molecule has 158 valence electrons. The van der Waals surface area contributed by atoms with E-state index in [9.17, 15) is 0 Å². The van der Waals surface area contributed by atoms with E-state index >= 15 is 0 Å². The molecular weight excluding hydrogens is 364 g/mol. The van der Waals surface area contributed by atoms with Crippen molar-refractivity contribution in [2.45, 2.75) is 51.9 Å². The van der Waals surface area contributed by atoms with Crippen molar-refractivity contribution in [2.24, 2.45) is 4.99 Å². The van der Waals surface area contributed by atoms with Crippen LogP contribution < -0.4 is 10.1 Å². The fourth-order valence-electron chi connectivity index (χ4n) is 3.57. The lowest BCUT2D eigenvalue weighted by atomic mass is 9.87. The van der Waals surface area contributed by atoms with Gasteiger partial charge in [0, 0.05) is 25.6 Å². The Morgan fingerprint density at radius 3 is 2.76 bits per heavy atom. The second-order valence-electron chi connectivity index (χ2n) is 8.49. The van der Waals surface area contributed by atoms with Gasteiger partial charge in [0.2, 0.25) is 0 Å². The van der Waals surface area contributed by atoms with Gasteiger partial charge in [0.15, 0.2) is 5.96 Å². The van der Waals surface area contributed by atoms with Gasteiger partial charge in [-0.2, -0.15) is 5.10 Å². The molecule has 1 aromatic heterocycles. The Kier molecular flexibility index (Phi) is 7.12. The van der Waals surface area contributed by atoms with Crippen LogP contribution in [0.5, 0.6) is 5.75 Å². The minimum atomic E-state index is 0.119. The predicted molar refractivity (Wildman–Crippen MR) is 117 cm³/mol. The van der Waals surface area contributed by atoms with Crippen LogP contribution in [0.1, 0.15) is 57.8 Å². The topological polar surface area (TPSA) is 78.4 Å². The Balaban J connectivity index is 1.51. The van der Waals surface area contributed by atoms with E-state index in [2.05, 4.69) is 71.3 Å². The fraction of sp³-hybridized carbons (Fsp3) is 0.591. The zero-order valence-corrected chi connectivity index (χ0v) is 18.1. The van der Waals surface area contributed by atoms with Crippen molar-refractivity contribution in [3.8, 4) is 5.75 Å². The van der Waals surface area contributed by atoms with Crippen LogP contribution >= 0.6 is 0 Å². The number of piperidine rings is 1. The molecule has 0 bridgehead atoms. The Bertz CT molecular complexity index is 773. The Morgan fingerprint density at radius 2 is 2.10 bits per heavy atom. The number of hydrogen-bond acceptors (Lipinski definition) is 4. The number of ether oxygens (including phenoxy) is 1. The summed E-state index contributed by atoms with van der Waals surface area (Å²) in [6, 6.07) is 8.35. The largest absolute Gasteiger partial charge is 0.492 e. The summed E-state index contributed by atoms with van der Waals surface area (Å²) in [5, 5.41) is 10.4. The SMILES string of the molecule is CCNC(=NCCOc1cccc(C(C)(C)C)c1)N1CCC(c2ncn[nH]2)CC1. The Hall–Kier alpha value is -2.57. The van der Waals surface area contributed by atoms with Crippen molar-refractivity contribution in [3.05, 3.63) is 42.0 Å². The Labute approximate surface area is 174 Å². The number of likely N-dealkylation sites (tertiary alicyclic amines) is 1. The first-order valence-electron chi connectivity index (χ1n) is 10.6. The van der Waals surface area contributed by atoms with Crippen molar-refractivity contribution in [1.82, 2.24) is 25.4 Å². The zero-order valence-electron chi connectivity index (χ0n) is 18.1. The summed E-state index contributed by atoms with van der Waals surface area (Å²) in [5.41, 5.74) is 1.40. The average molecular weight is 399 g/mol. The van der Waals surface area contributed by atoms with Gasteiger partial charge in [-0.05, 0) is 42.9 Å². The number of nitrogens with one attached hydrogen (secondary N) is 2. The molecule has 7 nitrogen and oxygen atoms in total. The molecule has 1 fully saturated rings. The molecule has 0 saturated carbocycles. The molecular formula is C22H34N6O. The summed E-state index contributed by atoms with van der Waals surface area (Å²) >= 11 is 0. The summed E-state index contributed by atoms with van der Waals surface area (Å²) in [6.45, 7) is 12.7. The number of hydrogen-bond donors (Lipinski definition) is 2.